The summed E-state index contributed by atoms with van der Waals surface area (Å²) in [6.45, 7) is 6.25. The Morgan fingerprint density at radius 3 is 3.08 bits per heavy atom. The highest BCUT2D eigenvalue weighted by molar-refractivity contribution is 6.29. The average Bonchev–Trinajstić information content (AvgIpc) is 2.51. The second-order valence-corrected chi connectivity index (χ2v) is 3.21. The fourth-order valence-corrected chi connectivity index (χ4v) is 0.980. The van der Waals surface area contributed by atoms with Gasteiger partial charge in [-0.05, 0) is 13.0 Å². The Hall–Kier alpha value is -0.730. The van der Waals surface area contributed by atoms with Crippen LogP contribution < -0.4 is 5.32 Å². The molecule has 1 aromatic rings. The molecule has 0 saturated heterocycles. The number of halogens is 1. The van der Waals surface area contributed by atoms with Crippen molar-refractivity contribution in [3.63, 3.8) is 0 Å². The molecule has 1 heterocycles. The van der Waals surface area contributed by atoms with Crippen molar-refractivity contribution in [3.05, 3.63) is 35.8 Å². The number of furan rings is 1. The first-order valence-electron chi connectivity index (χ1n) is 3.79. The van der Waals surface area contributed by atoms with Crippen LogP contribution in [0.15, 0.2) is 34.6 Å². The highest BCUT2D eigenvalue weighted by atomic mass is 35.5. The van der Waals surface area contributed by atoms with Gasteiger partial charge in [0.25, 0.3) is 0 Å². The van der Waals surface area contributed by atoms with Crippen LogP contribution in [0.4, 0.5) is 0 Å². The lowest BCUT2D eigenvalue weighted by Gasteiger charge is -2.10. The Bertz CT molecular complexity index is 243. The fraction of sp³-hybridized carbons (Fsp3) is 0.333. The normalized spacial score (nSPS) is 12.8. The van der Waals surface area contributed by atoms with Gasteiger partial charge in [0.2, 0.25) is 0 Å². The van der Waals surface area contributed by atoms with Crippen LogP contribution in [-0.2, 0) is 0 Å². The van der Waals surface area contributed by atoms with Crippen molar-refractivity contribution < 1.29 is 4.42 Å². The first-order chi connectivity index (χ1) is 5.70. The molecule has 12 heavy (non-hydrogen) atoms. The second-order valence-electron chi connectivity index (χ2n) is 2.68. The van der Waals surface area contributed by atoms with Gasteiger partial charge in [-0.1, -0.05) is 18.2 Å². The maximum absolute atomic E-state index is 5.60. The van der Waals surface area contributed by atoms with Gasteiger partial charge in [0.1, 0.15) is 0 Å². The molecule has 0 fully saturated rings. The monoisotopic (exact) mass is 185 g/mol. The second kappa shape index (κ2) is 4.33. The summed E-state index contributed by atoms with van der Waals surface area (Å²) in [5.74, 6) is 0. The Morgan fingerprint density at radius 1 is 1.83 bits per heavy atom. The summed E-state index contributed by atoms with van der Waals surface area (Å²) in [6, 6.07) is 2.17. The van der Waals surface area contributed by atoms with E-state index in [1.807, 2.05) is 13.0 Å². The lowest BCUT2D eigenvalue weighted by molar-refractivity contribution is 0.549. The summed E-state index contributed by atoms with van der Waals surface area (Å²) in [6.07, 6.45) is 3.37. The predicted molar refractivity (Wildman–Crippen MR) is 50.1 cm³/mol. The van der Waals surface area contributed by atoms with E-state index in [2.05, 4.69) is 11.9 Å². The minimum Gasteiger partial charge on any atom is -0.472 e. The molecule has 0 aliphatic heterocycles. The topological polar surface area (TPSA) is 25.2 Å². The molecule has 0 radical (unpaired) electrons. The van der Waals surface area contributed by atoms with Crippen LogP contribution in [0.25, 0.3) is 0 Å². The van der Waals surface area contributed by atoms with E-state index in [0.717, 1.165) is 5.56 Å². The quantitative estimate of drug-likeness (QED) is 0.781. The van der Waals surface area contributed by atoms with Crippen molar-refractivity contribution >= 4 is 11.6 Å². The third kappa shape index (κ3) is 2.72. The summed E-state index contributed by atoms with van der Waals surface area (Å²) >= 11 is 5.60. The molecule has 0 aliphatic rings. The largest absolute Gasteiger partial charge is 0.472 e. The van der Waals surface area contributed by atoms with Gasteiger partial charge < -0.3 is 9.73 Å². The van der Waals surface area contributed by atoms with Crippen molar-refractivity contribution in [2.75, 3.05) is 6.54 Å². The zero-order chi connectivity index (χ0) is 8.97. The van der Waals surface area contributed by atoms with Crippen molar-refractivity contribution in [1.82, 2.24) is 5.32 Å². The molecule has 1 aromatic heterocycles. The molecule has 1 atom stereocenters. The summed E-state index contributed by atoms with van der Waals surface area (Å²) in [5, 5.41) is 3.81. The fourth-order valence-electron chi connectivity index (χ4n) is 0.903. The molecule has 1 rings (SSSR count). The molecule has 1 N–H and O–H groups in total. The molecule has 0 spiro atoms. The standard InChI is InChI=1S/C9H12ClNO/c1-7(10)5-11-8(2)9-3-4-12-6-9/h3-4,6,8,11H,1,5H2,2H3. The zero-order valence-corrected chi connectivity index (χ0v) is 7.77. The molecule has 3 heteroatoms. The van der Waals surface area contributed by atoms with Crippen LogP contribution >= 0.6 is 11.6 Å². The van der Waals surface area contributed by atoms with E-state index in [-0.39, 0.29) is 6.04 Å². The van der Waals surface area contributed by atoms with Crippen LogP contribution in [0.5, 0.6) is 0 Å². The zero-order valence-electron chi connectivity index (χ0n) is 7.01. The third-order valence-electron chi connectivity index (χ3n) is 1.64. The first-order valence-corrected chi connectivity index (χ1v) is 4.16. The maximum Gasteiger partial charge on any atom is 0.0950 e. The van der Waals surface area contributed by atoms with Crippen molar-refractivity contribution in [2.45, 2.75) is 13.0 Å². The first kappa shape index (κ1) is 9.36. The molecule has 0 amide bonds. The molecule has 0 saturated carbocycles. The molecular weight excluding hydrogens is 174 g/mol. The van der Waals surface area contributed by atoms with Crippen LogP contribution in [0, 0.1) is 0 Å². The van der Waals surface area contributed by atoms with E-state index in [1.165, 1.54) is 0 Å². The van der Waals surface area contributed by atoms with Crippen LogP contribution in [0.1, 0.15) is 18.5 Å². The van der Waals surface area contributed by atoms with Gasteiger partial charge in [-0.2, -0.15) is 0 Å². The highest BCUT2D eigenvalue weighted by Crippen LogP contribution is 2.12. The van der Waals surface area contributed by atoms with Gasteiger partial charge in [0.15, 0.2) is 0 Å². The summed E-state index contributed by atoms with van der Waals surface area (Å²) in [7, 11) is 0. The number of hydrogen-bond donors (Lipinski definition) is 1. The summed E-state index contributed by atoms with van der Waals surface area (Å²) in [5.41, 5.74) is 1.12. The minimum atomic E-state index is 0.249. The molecule has 66 valence electrons. The van der Waals surface area contributed by atoms with Crippen LogP contribution in [0.2, 0.25) is 0 Å². The van der Waals surface area contributed by atoms with Crippen LogP contribution in [0.3, 0.4) is 0 Å². The Morgan fingerprint density at radius 2 is 2.58 bits per heavy atom. The summed E-state index contributed by atoms with van der Waals surface area (Å²) in [4.78, 5) is 0. The summed E-state index contributed by atoms with van der Waals surface area (Å²) < 4.78 is 4.95. The van der Waals surface area contributed by atoms with Gasteiger partial charge in [-0.15, -0.1) is 0 Å². The van der Waals surface area contributed by atoms with E-state index in [4.69, 9.17) is 16.0 Å². The molecular formula is C9H12ClNO. The van der Waals surface area contributed by atoms with Crippen molar-refractivity contribution in [3.8, 4) is 0 Å². The van der Waals surface area contributed by atoms with Gasteiger partial charge in [-0.3, -0.25) is 0 Å². The molecule has 1 unspecified atom stereocenters. The number of nitrogens with one attached hydrogen (secondary N) is 1. The minimum absolute atomic E-state index is 0.249. The lowest BCUT2D eigenvalue weighted by atomic mass is 10.2. The predicted octanol–water partition coefficient (Wildman–Crippen LogP) is 2.68. The van der Waals surface area contributed by atoms with Gasteiger partial charge in [-0.25, -0.2) is 0 Å². The van der Waals surface area contributed by atoms with E-state index < -0.39 is 0 Å². The maximum atomic E-state index is 5.60. The molecule has 0 aliphatic carbocycles. The van der Waals surface area contributed by atoms with E-state index >= 15 is 0 Å². The Balaban J connectivity index is 2.39. The number of hydrogen-bond acceptors (Lipinski definition) is 2. The number of rotatable bonds is 4. The van der Waals surface area contributed by atoms with Gasteiger partial charge in [0, 0.05) is 23.2 Å². The Kier molecular flexibility index (Phi) is 3.38. The third-order valence-corrected chi connectivity index (χ3v) is 1.78. The lowest BCUT2D eigenvalue weighted by Crippen LogP contribution is -2.19. The van der Waals surface area contributed by atoms with Gasteiger partial charge in [0.05, 0.1) is 12.5 Å². The average molecular weight is 186 g/mol. The SMILES string of the molecule is C=C(Cl)CNC(C)c1ccoc1. The van der Waals surface area contributed by atoms with E-state index in [9.17, 15) is 0 Å². The van der Waals surface area contributed by atoms with Gasteiger partial charge >= 0.3 is 0 Å². The molecule has 0 aromatic carbocycles. The van der Waals surface area contributed by atoms with Crippen LogP contribution in [-0.4, -0.2) is 6.54 Å². The molecule has 0 bridgehead atoms. The van der Waals surface area contributed by atoms with Crippen molar-refractivity contribution in [2.24, 2.45) is 0 Å². The van der Waals surface area contributed by atoms with E-state index in [1.54, 1.807) is 12.5 Å². The molecule has 2 nitrogen and oxygen atoms in total. The van der Waals surface area contributed by atoms with Crippen molar-refractivity contribution in [1.29, 1.82) is 0 Å². The Labute approximate surface area is 77.2 Å². The highest BCUT2D eigenvalue weighted by Gasteiger charge is 2.04. The smallest absolute Gasteiger partial charge is 0.0950 e. The van der Waals surface area contributed by atoms with E-state index in [0.29, 0.717) is 11.6 Å².